The number of halogens is 1. The van der Waals surface area contributed by atoms with E-state index in [4.69, 9.17) is 21.1 Å². The predicted molar refractivity (Wildman–Crippen MR) is 89.4 cm³/mol. The number of carbonyl (C=O) groups excluding carboxylic acids is 2. The van der Waals surface area contributed by atoms with Crippen LogP contribution in [0, 0.1) is 0 Å². The molecule has 0 unspecified atom stereocenters. The Morgan fingerprint density at radius 1 is 1.13 bits per heavy atom. The average Bonchev–Trinajstić information content (AvgIpc) is 2.52. The number of rotatable bonds is 7. The molecule has 2 amide bonds. The third-order valence-electron chi connectivity index (χ3n) is 3.00. The molecule has 0 atom stereocenters. The third-order valence-corrected chi connectivity index (χ3v) is 3.29. The van der Waals surface area contributed by atoms with Gasteiger partial charge in [0.1, 0.15) is 11.5 Å². The lowest BCUT2D eigenvalue weighted by molar-refractivity contribution is -0.136. The summed E-state index contributed by atoms with van der Waals surface area (Å²) >= 11 is 5.99. The van der Waals surface area contributed by atoms with Crippen LogP contribution in [0.25, 0.3) is 0 Å². The van der Waals surface area contributed by atoms with Crippen LogP contribution in [0.2, 0.25) is 5.02 Å². The smallest absolute Gasteiger partial charge is 0.313 e. The standard InChI is InChI=1S/C15H22ClN3O4/c1-19(2)7-5-6-17-14(20)15(21)18-11-9-12(22-3)10(16)8-13(11)23-4/h8-9H,5-7H2,1-4H3,(H,17,20)(H,18,21). The molecule has 0 bridgehead atoms. The maximum atomic E-state index is 11.9. The summed E-state index contributed by atoms with van der Waals surface area (Å²) in [6.45, 7) is 1.25. The SMILES string of the molecule is COc1cc(NC(=O)C(=O)NCCCN(C)C)c(OC)cc1Cl. The van der Waals surface area contributed by atoms with Crippen molar-refractivity contribution >= 4 is 29.1 Å². The highest BCUT2D eigenvalue weighted by Gasteiger charge is 2.17. The quantitative estimate of drug-likeness (QED) is 0.577. The molecule has 0 aliphatic carbocycles. The number of nitrogens with zero attached hydrogens (tertiary/aromatic N) is 1. The van der Waals surface area contributed by atoms with E-state index in [1.54, 1.807) is 0 Å². The molecule has 0 saturated carbocycles. The molecular weight excluding hydrogens is 322 g/mol. The zero-order chi connectivity index (χ0) is 17.4. The van der Waals surface area contributed by atoms with E-state index in [-0.39, 0.29) is 0 Å². The van der Waals surface area contributed by atoms with Gasteiger partial charge in [0, 0.05) is 18.7 Å². The number of carbonyl (C=O) groups is 2. The van der Waals surface area contributed by atoms with Gasteiger partial charge in [-0.2, -0.15) is 0 Å². The van der Waals surface area contributed by atoms with Crippen molar-refractivity contribution in [3.05, 3.63) is 17.2 Å². The third kappa shape index (κ3) is 5.96. The molecule has 23 heavy (non-hydrogen) atoms. The number of nitrogens with one attached hydrogen (secondary N) is 2. The van der Waals surface area contributed by atoms with E-state index in [2.05, 4.69) is 10.6 Å². The van der Waals surface area contributed by atoms with Crippen molar-refractivity contribution in [2.75, 3.05) is 46.7 Å². The van der Waals surface area contributed by atoms with E-state index in [0.717, 1.165) is 13.0 Å². The van der Waals surface area contributed by atoms with Crippen molar-refractivity contribution in [1.82, 2.24) is 10.2 Å². The molecule has 0 aromatic heterocycles. The molecule has 0 spiro atoms. The first kappa shape index (κ1) is 19.1. The van der Waals surface area contributed by atoms with Crippen molar-refractivity contribution < 1.29 is 19.1 Å². The van der Waals surface area contributed by atoms with Gasteiger partial charge >= 0.3 is 11.8 Å². The first-order valence-corrected chi connectivity index (χ1v) is 7.42. The van der Waals surface area contributed by atoms with E-state index in [9.17, 15) is 9.59 Å². The van der Waals surface area contributed by atoms with Gasteiger partial charge in [-0.05, 0) is 27.1 Å². The Bertz CT molecular complexity index is 564. The van der Waals surface area contributed by atoms with Gasteiger partial charge in [-0.3, -0.25) is 9.59 Å². The summed E-state index contributed by atoms with van der Waals surface area (Å²) in [6.07, 6.45) is 0.754. The molecule has 8 heteroatoms. The lowest BCUT2D eigenvalue weighted by atomic mass is 10.2. The molecule has 0 radical (unpaired) electrons. The van der Waals surface area contributed by atoms with Crippen molar-refractivity contribution in [3.8, 4) is 11.5 Å². The Kier molecular flexibility index (Phi) is 7.64. The zero-order valence-electron chi connectivity index (χ0n) is 13.7. The highest BCUT2D eigenvalue weighted by atomic mass is 35.5. The van der Waals surface area contributed by atoms with Gasteiger partial charge in [0.05, 0.1) is 24.9 Å². The Morgan fingerprint density at radius 3 is 2.35 bits per heavy atom. The van der Waals surface area contributed by atoms with Gasteiger partial charge in [0.25, 0.3) is 0 Å². The molecule has 128 valence electrons. The maximum Gasteiger partial charge on any atom is 0.313 e. The summed E-state index contributed by atoms with van der Waals surface area (Å²) in [7, 11) is 6.77. The second kappa shape index (κ2) is 9.22. The molecule has 1 aromatic carbocycles. The Morgan fingerprint density at radius 2 is 1.78 bits per heavy atom. The van der Waals surface area contributed by atoms with E-state index in [1.165, 1.54) is 26.4 Å². The Balaban J connectivity index is 2.67. The monoisotopic (exact) mass is 343 g/mol. The second-order valence-corrected chi connectivity index (χ2v) is 5.46. The Hall–Kier alpha value is -1.99. The Labute approximate surface area is 140 Å². The fourth-order valence-corrected chi connectivity index (χ4v) is 2.05. The summed E-state index contributed by atoms with van der Waals surface area (Å²) < 4.78 is 10.2. The minimum absolute atomic E-state index is 0.308. The fraction of sp³-hybridized carbons (Fsp3) is 0.467. The van der Waals surface area contributed by atoms with Gasteiger partial charge in [0.15, 0.2) is 0 Å². The number of methoxy groups -OCH3 is 2. The minimum Gasteiger partial charge on any atom is -0.495 e. The first-order valence-electron chi connectivity index (χ1n) is 7.04. The largest absolute Gasteiger partial charge is 0.495 e. The van der Waals surface area contributed by atoms with Crippen molar-refractivity contribution in [3.63, 3.8) is 0 Å². The number of hydrogen-bond acceptors (Lipinski definition) is 5. The normalized spacial score (nSPS) is 10.3. The number of benzene rings is 1. The summed E-state index contributed by atoms with van der Waals surface area (Å²) in [5, 5.41) is 5.39. The fourth-order valence-electron chi connectivity index (χ4n) is 1.81. The topological polar surface area (TPSA) is 79.9 Å². The molecule has 0 aliphatic rings. The molecule has 7 nitrogen and oxygen atoms in total. The van der Waals surface area contributed by atoms with E-state index >= 15 is 0 Å². The second-order valence-electron chi connectivity index (χ2n) is 5.05. The first-order chi connectivity index (χ1) is 10.9. The van der Waals surface area contributed by atoms with E-state index in [1.807, 2.05) is 19.0 Å². The van der Waals surface area contributed by atoms with Crippen LogP contribution >= 0.6 is 11.6 Å². The molecule has 0 aliphatic heterocycles. The highest BCUT2D eigenvalue weighted by Crippen LogP contribution is 2.35. The number of anilines is 1. The van der Waals surface area contributed by atoms with Gasteiger partial charge in [-0.25, -0.2) is 0 Å². The predicted octanol–water partition coefficient (Wildman–Crippen LogP) is 1.36. The van der Waals surface area contributed by atoms with Gasteiger partial charge < -0.3 is 25.0 Å². The van der Waals surface area contributed by atoms with Crippen LogP contribution in [0.5, 0.6) is 11.5 Å². The lowest BCUT2D eigenvalue weighted by Gasteiger charge is -2.13. The summed E-state index contributed by atoms with van der Waals surface area (Å²) in [5.74, 6) is -0.782. The van der Waals surface area contributed by atoms with Gasteiger partial charge in [0.2, 0.25) is 0 Å². The van der Waals surface area contributed by atoms with E-state index in [0.29, 0.717) is 28.8 Å². The van der Waals surface area contributed by atoms with Crippen LogP contribution in [-0.2, 0) is 9.59 Å². The highest BCUT2D eigenvalue weighted by molar-refractivity contribution is 6.40. The van der Waals surface area contributed by atoms with Crippen LogP contribution in [0.4, 0.5) is 5.69 Å². The number of ether oxygens (including phenoxy) is 2. The molecule has 0 saturated heterocycles. The summed E-state index contributed by atoms with van der Waals surface area (Å²) in [6, 6.07) is 3.00. The number of amides is 2. The van der Waals surface area contributed by atoms with Crippen LogP contribution < -0.4 is 20.1 Å². The van der Waals surface area contributed by atoms with Crippen molar-refractivity contribution in [2.45, 2.75) is 6.42 Å². The molecule has 1 aromatic rings. The average molecular weight is 344 g/mol. The van der Waals surface area contributed by atoms with E-state index < -0.39 is 11.8 Å². The van der Waals surface area contributed by atoms with Crippen molar-refractivity contribution in [1.29, 1.82) is 0 Å². The van der Waals surface area contributed by atoms with Crippen LogP contribution in [0.15, 0.2) is 12.1 Å². The zero-order valence-corrected chi connectivity index (χ0v) is 14.5. The van der Waals surface area contributed by atoms with Gasteiger partial charge in [-0.1, -0.05) is 11.6 Å². The summed E-state index contributed by atoms with van der Waals surface area (Å²) in [4.78, 5) is 25.7. The molecule has 0 heterocycles. The lowest BCUT2D eigenvalue weighted by Crippen LogP contribution is -2.36. The number of hydrogen-bond donors (Lipinski definition) is 2. The molecule has 0 fully saturated rings. The van der Waals surface area contributed by atoms with Gasteiger partial charge in [-0.15, -0.1) is 0 Å². The molecular formula is C15H22ClN3O4. The van der Waals surface area contributed by atoms with Crippen LogP contribution in [0.1, 0.15) is 6.42 Å². The van der Waals surface area contributed by atoms with Crippen molar-refractivity contribution in [2.24, 2.45) is 0 Å². The summed E-state index contributed by atoms with van der Waals surface area (Å²) in [5.41, 5.74) is 0.308. The molecule has 1 rings (SSSR count). The van der Waals surface area contributed by atoms with Crippen LogP contribution in [-0.4, -0.2) is 58.1 Å². The minimum atomic E-state index is -0.780. The maximum absolute atomic E-state index is 11.9. The van der Waals surface area contributed by atoms with Crippen LogP contribution in [0.3, 0.4) is 0 Å². The molecule has 2 N–H and O–H groups in total.